The first-order valence-corrected chi connectivity index (χ1v) is 8.16. The van der Waals surface area contributed by atoms with E-state index in [9.17, 15) is 0 Å². The summed E-state index contributed by atoms with van der Waals surface area (Å²) in [6.45, 7) is 2.54. The van der Waals surface area contributed by atoms with E-state index in [1.165, 1.54) is 0 Å². The minimum atomic E-state index is 0.497. The maximum atomic E-state index is 6.32. The summed E-state index contributed by atoms with van der Waals surface area (Å²) in [6.07, 6.45) is 1.81. The zero-order valence-corrected chi connectivity index (χ0v) is 14.2. The van der Waals surface area contributed by atoms with Crippen LogP contribution in [0.1, 0.15) is 16.7 Å². The number of ether oxygens (including phenoxy) is 1. The number of benzene rings is 3. The highest BCUT2D eigenvalue weighted by Crippen LogP contribution is 2.26. The third-order valence-corrected chi connectivity index (χ3v) is 3.96. The van der Waals surface area contributed by atoms with Crippen LogP contribution in [0.25, 0.3) is 0 Å². The molecule has 0 heterocycles. The number of para-hydroxylation sites is 1. The molecule has 0 bridgehead atoms. The highest BCUT2D eigenvalue weighted by Gasteiger charge is 2.03. The SMILES string of the molecule is Cc1ccccc1N=Cc1ccc(OCc2ccccc2)c(Cl)c1. The zero-order valence-electron chi connectivity index (χ0n) is 13.4. The van der Waals surface area contributed by atoms with Crippen LogP contribution in [-0.4, -0.2) is 6.21 Å². The Morgan fingerprint density at radius 3 is 2.46 bits per heavy atom. The van der Waals surface area contributed by atoms with Gasteiger partial charge in [0.1, 0.15) is 12.4 Å². The van der Waals surface area contributed by atoms with Crippen molar-refractivity contribution in [3.63, 3.8) is 0 Å². The van der Waals surface area contributed by atoms with Gasteiger partial charge in [-0.15, -0.1) is 0 Å². The van der Waals surface area contributed by atoms with E-state index in [4.69, 9.17) is 16.3 Å². The number of rotatable bonds is 5. The van der Waals surface area contributed by atoms with Crippen LogP contribution in [0.3, 0.4) is 0 Å². The van der Waals surface area contributed by atoms with Gasteiger partial charge in [0.2, 0.25) is 0 Å². The highest BCUT2D eigenvalue weighted by molar-refractivity contribution is 6.32. The van der Waals surface area contributed by atoms with E-state index in [1.807, 2.05) is 85.9 Å². The molecule has 0 unspecified atom stereocenters. The zero-order chi connectivity index (χ0) is 16.8. The van der Waals surface area contributed by atoms with Crippen molar-refractivity contribution in [2.75, 3.05) is 0 Å². The van der Waals surface area contributed by atoms with Crippen molar-refractivity contribution in [2.24, 2.45) is 4.99 Å². The Morgan fingerprint density at radius 2 is 1.71 bits per heavy atom. The van der Waals surface area contributed by atoms with Gasteiger partial charge in [0, 0.05) is 6.21 Å². The molecule has 0 atom stereocenters. The van der Waals surface area contributed by atoms with Crippen molar-refractivity contribution in [2.45, 2.75) is 13.5 Å². The molecule has 0 aliphatic heterocycles. The first kappa shape index (κ1) is 16.3. The molecule has 0 aliphatic rings. The maximum Gasteiger partial charge on any atom is 0.138 e. The van der Waals surface area contributed by atoms with Gasteiger partial charge in [0.15, 0.2) is 0 Å². The second-order valence-corrected chi connectivity index (χ2v) is 5.92. The Morgan fingerprint density at radius 1 is 0.958 bits per heavy atom. The number of hydrogen-bond donors (Lipinski definition) is 0. The first-order chi connectivity index (χ1) is 11.7. The molecule has 3 aromatic carbocycles. The smallest absolute Gasteiger partial charge is 0.138 e. The van der Waals surface area contributed by atoms with Gasteiger partial charge in [0.05, 0.1) is 10.7 Å². The van der Waals surface area contributed by atoms with Crippen LogP contribution in [-0.2, 0) is 6.61 Å². The summed E-state index contributed by atoms with van der Waals surface area (Å²) in [5, 5.41) is 0.583. The van der Waals surface area contributed by atoms with E-state index < -0.39 is 0 Å². The van der Waals surface area contributed by atoms with Crippen molar-refractivity contribution < 1.29 is 4.74 Å². The van der Waals surface area contributed by atoms with Crippen LogP contribution in [0.2, 0.25) is 5.02 Å². The molecule has 0 N–H and O–H groups in total. The molecule has 120 valence electrons. The average Bonchev–Trinajstić information content (AvgIpc) is 2.61. The molecule has 0 fully saturated rings. The van der Waals surface area contributed by atoms with Gasteiger partial charge in [-0.05, 0) is 47.9 Å². The molecular weight excluding hydrogens is 318 g/mol. The molecule has 3 aromatic rings. The molecule has 0 aliphatic carbocycles. The van der Waals surface area contributed by atoms with Crippen molar-refractivity contribution in [1.82, 2.24) is 0 Å². The third-order valence-electron chi connectivity index (χ3n) is 3.66. The van der Waals surface area contributed by atoms with E-state index in [-0.39, 0.29) is 0 Å². The van der Waals surface area contributed by atoms with Crippen LogP contribution >= 0.6 is 11.6 Å². The number of hydrogen-bond acceptors (Lipinski definition) is 2. The highest BCUT2D eigenvalue weighted by atomic mass is 35.5. The van der Waals surface area contributed by atoms with Gasteiger partial charge >= 0.3 is 0 Å². The van der Waals surface area contributed by atoms with Crippen LogP contribution in [0.5, 0.6) is 5.75 Å². The number of aliphatic imine (C=N–C) groups is 1. The Hall–Kier alpha value is -2.58. The van der Waals surface area contributed by atoms with Crippen molar-refractivity contribution in [3.05, 3.63) is 94.5 Å². The first-order valence-electron chi connectivity index (χ1n) is 7.78. The van der Waals surface area contributed by atoms with Crippen molar-refractivity contribution in [1.29, 1.82) is 0 Å². The van der Waals surface area contributed by atoms with Gasteiger partial charge in [-0.3, -0.25) is 4.99 Å². The minimum Gasteiger partial charge on any atom is -0.487 e. The van der Waals surface area contributed by atoms with E-state index in [2.05, 4.69) is 4.99 Å². The summed E-state index contributed by atoms with van der Waals surface area (Å²) in [6, 6.07) is 23.7. The fraction of sp³-hybridized carbons (Fsp3) is 0.0952. The lowest BCUT2D eigenvalue weighted by Crippen LogP contribution is -1.96. The lowest BCUT2D eigenvalue weighted by atomic mass is 10.2. The summed E-state index contributed by atoms with van der Waals surface area (Å²) in [5.74, 6) is 0.675. The van der Waals surface area contributed by atoms with Crippen LogP contribution in [0.15, 0.2) is 77.8 Å². The number of halogens is 1. The van der Waals surface area contributed by atoms with E-state index in [0.29, 0.717) is 17.4 Å². The second kappa shape index (κ2) is 7.80. The van der Waals surface area contributed by atoms with E-state index >= 15 is 0 Å². The molecule has 0 amide bonds. The van der Waals surface area contributed by atoms with Gasteiger partial charge in [0.25, 0.3) is 0 Å². The molecule has 3 rings (SSSR count). The molecule has 0 saturated carbocycles. The summed E-state index contributed by atoms with van der Waals surface area (Å²) in [7, 11) is 0. The normalized spacial score (nSPS) is 10.9. The van der Waals surface area contributed by atoms with E-state index in [1.54, 1.807) is 0 Å². The molecule has 2 nitrogen and oxygen atoms in total. The van der Waals surface area contributed by atoms with Crippen LogP contribution in [0, 0.1) is 6.92 Å². The van der Waals surface area contributed by atoms with Crippen LogP contribution in [0.4, 0.5) is 5.69 Å². The number of nitrogens with zero attached hydrogens (tertiary/aromatic N) is 1. The van der Waals surface area contributed by atoms with E-state index in [0.717, 1.165) is 22.4 Å². The van der Waals surface area contributed by atoms with Gasteiger partial charge in [-0.2, -0.15) is 0 Å². The van der Waals surface area contributed by atoms with Gasteiger partial charge < -0.3 is 4.74 Å². The standard InChI is InChI=1S/C21H18ClNO/c1-16-7-5-6-10-20(16)23-14-18-11-12-21(19(22)13-18)24-15-17-8-3-2-4-9-17/h2-14H,15H2,1H3. The molecule has 0 radical (unpaired) electrons. The van der Waals surface area contributed by atoms with Gasteiger partial charge in [-0.25, -0.2) is 0 Å². The second-order valence-electron chi connectivity index (χ2n) is 5.51. The average molecular weight is 336 g/mol. The fourth-order valence-corrected chi connectivity index (χ4v) is 2.55. The van der Waals surface area contributed by atoms with Gasteiger partial charge in [-0.1, -0.05) is 60.1 Å². The largest absolute Gasteiger partial charge is 0.487 e. The minimum absolute atomic E-state index is 0.497. The molecule has 24 heavy (non-hydrogen) atoms. The molecular formula is C21H18ClNO. The Kier molecular flexibility index (Phi) is 5.29. The predicted molar refractivity (Wildman–Crippen MR) is 101 cm³/mol. The predicted octanol–water partition coefficient (Wildman–Crippen LogP) is 5.98. The summed E-state index contributed by atoms with van der Waals surface area (Å²) < 4.78 is 5.78. The van der Waals surface area contributed by atoms with Crippen LogP contribution < -0.4 is 4.74 Å². The molecule has 0 aromatic heterocycles. The summed E-state index contributed by atoms with van der Waals surface area (Å²) >= 11 is 6.32. The maximum absolute atomic E-state index is 6.32. The van der Waals surface area contributed by atoms with Crippen molar-refractivity contribution in [3.8, 4) is 5.75 Å². The topological polar surface area (TPSA) is 21.6 Å². The Bertz CT molecular complexity index is 843. The lowest BCUT2D eigenvalue weighted by molar-refractivity contribution is 0.306. The molecule has 3 heteroatoms. The number of aryl methyl sites for hydroxylation is 1. The summed E-state index contributed by atoms with van der Waals surface area (Å²) in [5.41, 5.74) is 4.15. The molecule has 0 spiro atoms. The van der Waals surface area contributed by atoms with Crippen molar-refractivity contribution >= 4 is 23.5 Å². The summed E-state index contributed by atoms with van der Waals surface area (Å²) in [4.78, 5) is 4.52. The third kappa shape index (κ3) is 4.24. The molecule has 0 saturated heterocycles. The fourth-order valence-electron chi connectivity index (χ4n) is 2.30. The Labute approximate surface area is 147 Å². The Balaban J connectivity index is 1.69. The quantitative estimate of drug-likeness (QED) is 0.526. The lowest BCUT2D eigenvalue weighted by Gasteiger charge is -2.08. The monoisotopic (exact) mass is 335 g/mol.